The third-order valence-electron chi connectivity index (χ3n) is 6.88. The Hall–Kier alpha value is -3.39. The van der Waals surface area contributed by atoms with Gasteiger partial charge in [0, 0.05) is 12.5 Å². The minimum absolute atomic E-state index is 0.0687. The number of carbonyl (C=O) groups excluding carboxylic acids is 2. The van der Waals surface area contributed by atoms with Crippen molar-refractivity contribution in [1.29, 1.82) is 0 Å². The Kier molecular flexibility index (Phi) is 6.24. The first kappa shape index (κ1) is 22.4. The van der Waals surface area contributed by atoms with Crippen LogP contribution in [-0.4, -0.2) is 54.5 Å². The van der Waals surface area contributed by atoms with E-state index in [1.807, 2.05) is 36.4 Å². The average Bonchev–Trinajstić information content (AvgIpc) is 3.43. The van der Waals surface area contributed by atoms with Gasteiger partial charge in [0.15, 0.2) is 6.10 Å². The van der Waals surface area contributed by atoms with E-state index in [-0.39, 0.29) is 19.1 Å². The van der Waals surface area contributed by atoms with E-state index < -0.39 is 36.2 Å². The second kappa shape index (κ2) is 9.46. The van der Waals surface area contributed by atoms with Gasteiger partial charge in [-0.25, -0.2) is 9.59 Å². The number of carbonyl (C=O) groups is 3. The lowest BCUT2D eigenvalue weighted by molar-refractivity contribution is -0.148. The molecule has 1 aliphatic heterocycles. The highest BCUT2D eigenvalue weighted by Crippen LogP contribution is 2.44. The minimum atomic E-state index is -1.11. The highest BCUT2D eigenvalue weighted by Gasteiger charge is 2.38. The summed E-state index contributed by atoms with van der Waals surface area (Å²) in [5.74, 6) is -1.20. The zero-order valence-electron chi connectivity index (χ0n) is 18.7. The molecular formula is C26H28N2O6. The lowest BCUT2D eigenvalue weighted by atomic mass is 9.98. The predicted octanol–water partition coefficient (Wildman–Crippen LogP) is 3.05. The molecule has 8 nitrogen and oxygen atoms in total. The number of benzene rings is 2. The van der Waals surface area contributed by atoms with Gasteiger partial charge in [-0.2, -0.15) is 0 Å². The monoisotopic (exact) mass is 464 g/mol. The van der Waals surface area contributed by atoms with Crippen molar-refractivity contribution in [3.63, 3.8) is 0 Å². The van der Waals surface area contributed by atoms with Crippen LogP contribution in [0.1, 0.15) is 42.7 Å². The minimum Gasteiger partial charge on any atom is -0.479 e. The molecule has 0 radical (unpaired) electrons. The van der Waals surface area contributed by atoms with Crippen LogP contribution in [0.5, 0.6) is 0 Å². The summed E-state index contributed by atoms with van der Waals surface area (Å²) in [5, 5.41) is 14.8. The van der Waals surface area contributed by atoms with Crippen molar-refractivity contribution in [2.45, 2.75) is 49.8 Å². The van der Waals surface area contributed by atoms with Crippen LogP contribution in [-0.2, 0) is 19.1 Å². The third-order valence-corrected chi connectivity index (χ3v) is 6.88. The quantitative estimate of drug-likeness (QED) is 0.553. The largest absolute Gasteiger partial charge is 0.479 e. The standard InChI is InChI=1S/C26H28N2O6/c29-24(27-21-11-12-33-23(21)25(30)31)22(13-15-9-10-15)28-26(32)34-14-20-18-7-3-1-5-16(18)17-6-2-4-8-19(17)20/h1-8,15,20-23H,9-14H2,(H,27,29)(H,28,32)(H,30,31)/t21-,22-,23+/m0/s1. The Morgan fingerprint density at radius 2 is 1.65 bits per heavy atom. The van der Waals surface area contributed by atoms with E-state index in [0.717, 1.165) is 35.1 Å². The molecule has 1 saturated carbocycles. The molecule has 1 heterocycles. The first-order chi connectivity index (χ1) is 16.5. The fraction of sp³-hybridized carbons (Fsp3) is 0.423. The first-order valence-electron chi connectivity index (χ1n) is 11.8. The summed E-state index contributed by atoms with van der Waals surface area (Å²) in [6.07, 6.45) is 1.23. The SMILES string of the molecule is O=C(N[C@@H](CC1CC1)C(=O)N[C@H]1CCO[C@H]1C(=O)O)OCC1c2ccccc2-c2ccccc21. The Balaban J connectivity index is 1.22. The van der Waals surface area contributed by atoms with Crippen molar-refractivity contribution in [2.24, 2.45) is 5.92 Å². The fourth-order valence-electron chi connectivity index (χ4n) is 4.96. The van der Waals surface area contributed by atoms with Crippen LogP contribution in [0.15, 0.2) is 48.5 Å². The number of hydrogen-bond donors (Lipinski definition) is 3. The average molecular weight is 465 g/mol. The maximum Gasteiger partial charge on any atom is 0.407 e. The van der Waals surface area contributed by atoms with Gasteiger partial charge in [-0.15, -0.1) is 0 Å². The van der Waals surface area contributed by atoms with E-state index in [9.17, 15) is 19.5 Å². The Labute approximate surface area is 197 Å². The van der Waals surface area contributed by atoms with Gasteiger partial charge in [-0.3, -0.25) is 4.79 Å². The van der Waals surface area contributed by atoms with E-state index in [4.69, 9.17) is 9.47 Å². The van der Waals surface area contributed by atoms with Gasteiger partial charge in [0.25, 0.3) is 0 Å². The molecule has 178 valence electrons. The summed E-state index contributed by atoms with van der Waals surface area (Å²) < 4.78 is 10.8. The highest BCUT2D eigenvalue weighted by molar-refractivity contribution is 5.87. The summed E-state index contributed by atoms with van der Waals surface area (Å²) in [6.45, 7) is 0.435. The maximum atomic E-state index is 12.9. The lowest BCUT2D eigenvalue weighted by Crippen LogP contribution is -2.52. The number of fused-ring (bicyclic) bond motifs is 3. The Bertz CT molecular complexity index is 1050. The molecular weight excluding hydrogens is 436 g/mol. The normalized spacial score (nSPS) is 21.9. The summed E-state index contributed by atoms with van der Waals surface area (Å²) in [6, 6.07) is 14.8. The molecule has 5 rings (SSSR count). The topological polar surface area (TPSA) is 114 Å². The van der Waals surface area contributed by atoms with E-state index in [1.54, 1.807) is 0 Å². The van der Waals surface area contributed by atoms with Gasteiger partial charge in [-0.05, 0) is 41.0 Å². The number of carboxylic acids is 1. The molecule has 0 aromatic heterocycles. The number of amides is 2. The van der Waals surface area contributed by atoms with Crippen molar-refractivity contribution in [1.82, 2.24) is 10.6 Å². The van der Waals surface area contributed by atoms with Crippen LogP contribution in [0, 0.1) is 5.92 Å². The van der Waals surface area contributed by atoms with Crippen molar-refractivity contribution >= 4 is 18.0 Å². The van der Waals surface area contributed by atoms with Gasteiger partial charge in [0.2, 0.25) is 5.91 Å². The number of rotatable bonds is 8. The van der Waals surface area contributed by atoms with Crippen LogP contribution < -0.4 is 10.6 Å². The molecule has 2 amide bonds. The molecule has 1 saturated heterocycles. The van der Waals surface area contributed by atoms with Crippen molar-refractivity contribution in [2.75, 3.05) is 13.2 Å². The van der Waals surface area contributed by atoms with Gasteiger partial charge in [-0.1, -0.05) is 61.4 Å². The lowest BCUT2D eigenvalue weighted by Gasteiger charge is -2.23. The molecule has 0 unspecified atom stereocenters. The molecule has 3 N–H and O–H groups in total. The predicted molar refractivity (Wildman–Crippen MR) is 123 cm³/mol. The van der Waals surface area contributed by atoms with Crippen LogP contribution in [0.3, 0.4) is 0 Å². The molecule has 34 heavy (non-hydrogen) atoms. The molecule has 2 aromatic carbocycles. The molecule has 8 heteroatoms. The van der Waals surface area contributed by atoms with E-state index >= 15 is 0 Å². The molecule has 2 aliphatic carbocycles. The molecule has 2 fully saturated rings. The van der Waals surface area contributed by atoms with Crippen molar-refractivity contribution < 1.29 is 29.0 Å². The number of aliphatic carboxylic acids is 1. The highest BCUT2D eigenvalue weighted by atomic mass is 16.5. The number of hydrogen-bond acceptors (Lipinski definition) is 5. The van der Waals surface area contributed by atoms with Gasteiger partial charge in [0.1, 0.15) is 12.6 Å². The van der Waals surface area contributed by atoms with Crippen LogP contribution >= 0.6 is 0 Å². The van der Waals surface area contributed by atoms with E-state index in [2.05, 4.69) is 22.8 Å². The number of alkyl carbamates (subject to hydrolysis) is 1. The summed E-state index contributed by atoms with van der Waals surface area (Å²) >= 11 is 0. The third kappa shape index (κ3) is 4.63. The van der Waals surface area contributed by atoms with Crippen molar-refractivity contribution in [3.8, 4) is 11.1 Å². The van der Waals surface area contributed by atoms with E-state index in [1.165, 1.54) is 0 Å². The van der Waals surface area contributed by atoms with Gasteiger partial charge >= 0.3 is 12.1 Å². The Morgan fingerprint density at radius 1 is 1.00 bits per heavy atom. The fourth-order valence-corrected chi connectivity index (χ4v) is 4.96. The molecule has 0 bridgehead atoms. The second-order valence-electron chi connectivity index (χ2n) is 9.23. The number of ether oxygens (including phenoxy) is 2. The summed E-state index contributed by atoms with van der Waals surface area (Å²) in [7, 11) is 0. The molecule has 0 spiro atoms. The van der Waals surface area contributed by atoms with Gasteiger partial charge < -0.3 is 25.2 Å². The zero-order chi connectivity index (χ0) is 23.7. The number of carboxylic acid groups (broad SMARTS) is 1. The second-order valence-corrected chi connectivity index (χ2v) is 9.23. The van der Waals surface area contributed by atoms with E-state index in [0.29, 0.717) is 18.8 Å². The van der Waals surface area contributed by atoms with Crippen LogP contribution in [0.2, 0.25) is 0 Å². The van der Waals surface area contributed by atoms with Crippen LogP contribution in [0.4, 0.5) is 4.79 Å². The first-order valence-corrected chi connectivity index (χ1v) is 11.8. The van der Waals surface area contributed by atoms with Crippen molar-refractivity contribution in [3.05, 3.63) is 59.7 Å². The maximum absolute atomic E-state index is 12.9. The Morgan fingerprint density at radius 3 is 2.26 bits per heavy atom. The summed E-state index contributed by atoms with van der Waals surface area (Å²) in [4.78, 5) is 37.0. The van der Waals surface area contributed by atoms with Gasteiger partial charge in [0.05, 0.1) is 6.04 Å². The molecule has 3 aliphatic rings. The molecule has 2 aromatic rings. The molecule has 3 atom stereocenters. The summed E-state index contributed by atoms with van der Waals surface area (Å²) in [5.41, 5.74) is 4.52. The number of nitrogens with one attached hydrogen (secondary N) is 2. The zero-order valence-corrected chi connectivity index (χ0v) is 18.7. The smallest absolute Gasteiger partial charge is 0.407 e. The van der Waals surface area contributed by atoms with Crippen LogP contribution in [0.25, 0.3) is 11.1 Å².